The highest BCUT2D eigenvalue weighted by molar-refractivity contribution is 5.91. The van der Waals surface area contributed by atoms with Gasteiger partial charge in [-0.05, 0) is 19.1 Å². The molecule has 1 aromatic rings. The predicted molar refractivity (Wildman–Crippen MR) is 52.7 cm³/mol. The summed E-state index contributed by atoms with van der Waals surface area (Å²) in [6.45, 7) is 2.34. The van der Waals surface area contributed by atoms with Gasteiger partial charge in [0.25, 0.3) is 5.91 Å². The average Bonchev–Trinajstić information content (AvgIpc) is 2.63. The third-order valence-electron chi connectivity index (χ3n) is 1.81. The van der Waals surface area contributed by atoms with Crippen molar-refractivity contribution in [2.45, 2.75) is 19.8 Å². The molecule has 0 aliphatic carbocycles. The number of carboxylic acids is 1. The van der Waals surface area contributed by atoms with Crippen LogP contribution in [0, 0.1) is 0 Å². The number of rotatable bonds is 5. The van der Waals surface area contributed by atoms with Crippen molar-refractivity contribution in [2.24, 2.45) is 0 Å². The first kappa shape index (κ1) is 11.3. The number of carbonyl (C=O) groups is 2. The van der Waals surface area contributed by atoms with Crippen molar-refractivity contribution in [2.75, 3.05) is 6.54 Å². The van der Waals surface area contributed by atoms with Crippen LogP contribution in [0.15, 0.2) is 16.5 Å². The zero-order chi connectivity index (χ0) is 11.3. The van der Waals surface area contributed by atoms with E-state index in [4.69, 9.17) is 9.52 Å². The fourth-order valence-corrected chi connectivity index (χ4v) is 1.11. The lowest BCUT2D eigenvalue weighted by atomic mass is 10.2. The van der Waals surface area contributed by atoms with E-state index in [1.807, 2.05) is 6.92 Å². The minimum absolute atomic E-state index is 0.00233. The molecule has 5 nitrogen and oxygen atoms in total. The number of nitrogens with one attached hydrogen (secondary N) is 1. The number of hydrogen-bond acceptors (Lipinski definition) is 3. The molecule has 0 radical (unpaired) electrons. The summed E-state index contributed by atoms with van der Waals surface area (Å²) in [4.78, 5) is 21.6. The van der Waals surface area contributed by atoms with E-state index in [0.29, 0.717) is 18.7 Å². The van der Waals surface area contributed by atoms with Crippen molar-refractivity contribution in [3.63, 3.8) is 0 Å². The van der Waals surface area contributed by atoms with Gasteiger partial charge in [0.2, 0.25) is 0 Å². The number of hydrogen-bond donors (Lipinski definition) is 2. The van der Waals surface area contributed by atoms with Gasteiger partial charge in [-0.3, -0.25) is 9.59 Å². The maximum atomic E-state index is 11.3. The highest BCUT2D eigenvalue weighted by atomic mass is 16.4. The molecule has 82 valence electrons. The monoisotopic (exact) mass is 211 g/mol. The highest BCUT2D eigenvalue weighted by Gasteiger charge is 2.10. The molecule has 15 heavy (non-hydrogen) atoms. The largest absolute Gasteiger partial charge is 0.481 e. The molecule has 0 fully saturated rings. The van der Waals surface area contributed by atoms with Crippen molar-refractivity contribution in [3.05, 3.63) is 23.7 Å². The van der Waals surface area contributed by atoms with Crippen LogP contribution in [0.3, 0.4) is 0 Å². The summed E-state index contributed by atoms with van der Waals surface area (Å²) in [6.07, 6.45) is 0.303. The Kier molecular flexibility index (Phi) is 3.91. The van der Waals surface area contributed by atoms with E-state index in [9.17, 15) is 9.59 Å². The molecule has 2 N–H and O–H groups in total. The third kappa shape index (κ3) is 3.46. The molecular formula is C10H13NO4. The van der Waals surface area contributed by atoms with Crippen LogP contribution in [0.2, 0.25) is 0 Å². The maximum absolute atomic E-state index is 11.3. The van der Waals surface area contributed by atoms with Crippen molar-refractivity contribution < 1.29 is 19.1 Å². The van der Waals surface area contributed by atoms with Gasteiger partial charge >= 0.3 is 5.97 Å². The van der Waals surface area contributed by atoms with Crippen LogP contribution in [-0.4, -0.2) is 23.5 Å². The Bertz CT molecular complexity index is 356. The topological polar surface area (TPSA) is 79.5 Å². The van der Waals surface area contributed by atoms with Crippen molar-refractivity contribution >= 4 is 11.9 Å². The summed E-state index contributed by atoms with van der Waals surface area (Å²) >= 11 is 0. The van der Waals surface area contributed by atoms with Gasteiger partial charge in [0, 0.05) is 13.0 Å². The smallest absolute Gasteiger partial charge is 0.303 e. The number of furan rings is 1. The number of carbonyl (C=O) groups excluding carboxylic acids is 1. The zero-order valence-corrected chi connectivity index (χ0v) is 8.45. The molecule has 1 amide bonds. The second-order valence-corrected chi connectivity index (χ2v) is 3.02. The Morgan fingerprint density at radius 1 is 1.47 bits per heavy atom. The molecule has 0 unspecified atom stereocenters. The van der Waals surface area contributed by atoms with E-state index in [1.165, 1.54) is 0 Å². The van der Waals surface area contributed by atoms with Gasteiger partial charge in [0.05, 0.1) is 6.42 Å². The standard InChI is InChI=1S/C10H13NO4/c1-2-11-10(14)8-5-3-7(15-8)4-6-9(12)13/h3,5H,2,4,6H2,1H3,(H,11,14)(H,12,13). The summed E-state index contributed by atoms with van der Waals surface area (Å²) in [5, 5.41) is 11.0. The third-order valence-corrected chi connectivity index (χ3v) is 1.81. The molecule has 1 heterocycles. The summed E-state index contributed by atoms with van der Waals surface area (Å²) in [5.74, 6) is -0.430. The van der Waals surface area contributed by atoms with E-state index in [0.717, 1.165) is 0 Å². The van der Waals surface area contributed by atoms with Crippen molar-refractivity contribution in [1.82, 2.24) is 5.32 Å². The Balaban J connectivity index is 2.56. The van der Waals surface area contributed by atoms with Gasteiger partial charge in [0.1, 0.15) is 5.76 Å². The van der Waals surface area contributed by atoms with Crippen molar-refractivity contribution in [3.8, 4) is 0 Å². The second kappa shape index (κ2) is 5.19. The van der Waals surface area contributed by atoms with Crippen LogP contribution in [0.5, 0.6) is 0 Å². The molecule has 5 heteroatoms. The molecule has 0 saturated heterocycles. The quantitative estimate of drug-likeness (QED) is 0.762. The molecule has 0 aromatic carbocycles. The highest BCUT2D eigenvalue weighted by Crippen LogP contribution is 2.09. The first-order valence-electron chi connectivity index (χ1n) is 4.72. The van der Waals surface area contributed by atoms with E-state index >= 15 is 0 Å². The molecule has 0 bridgehead atoms. The number of carboxylic acid groups (broad SMARTS) is 1. The molecular weight excluding hydrogens is 198 g/mol. The van der Waals surface area contributed by atoms with Crippen LogP contribution >= 0.6 is 0 Å². The van der Waals surface area contributed by atoms with Crippen LogP contribution in [0.4, 0.5) is 0 Å². The molecule has 1 aromatic heterocycles. The zero-order valence-electron chi connectivity index (χ0n) is 8.45. The lowest BCUT2D eigenvalue weighted by Gasteiger charge is -1.97. The lowest BCUT2D eigenvalue weighted by molar-refractivity contribution is -0.137. The van der Waals surface area contributed by atoms with Gasteiger partial charge in [0.15, 0.2) is 5.76 Å². The Morgan fingerprint density at radius 3 is 2.80 bits per heavy atom. The minimum atomic E-state index is -0.883. The van der Waals surface area contributed by atoms with E-state index in [-0.39, 0.29) is 18.1 Å². The Morgan fingerprint density at radius 2 is 2.20 bits per heavy atom. The average molecular weight is 211 g/mol. The summed E-state index contributed by atoms with van der Waals surface area (Å²) < 4.78 is 5.17. The Labute approximate surface area is 87.1 Å². The second-order valence-electron chi connectivity index (χ2n) is 3.02. The molecule has 0 saturated carbocycles. The van der Waals surface area contributed by atoms with Crippen LogP contribution in [0.1, 0.15) is 29.7 Å². The minimum Gasteiger partial charge on any atom is -0.481 e. The predicted octanol–water partition coefficient (Wildman–Crippen LogP) is 1.05. The normalized spacial score (nSPS) is 9.93. The Hall–Kier alpha value is -1.78. The van der Waals surface area contributed by atoms with Gasteiger partial charge < -0.3 is 14.8 Å². The molecule has 0 atom stereocenters. The molecule has 0 aliphatic heterocycles. The van der Waals surface area contributed by atoms with Crippen LogP contribution < -0.4 is 5.32 Å². The SMILES string of the molecule is CCNC(=O)c1ccc(CCC(=O)O)o1. The van der Waals surface area contributed by atoms with E-state index in [2.05, 4.69) is 5.32 Å². The van der Waals surface area contributed by atoms with Gasteiger partial charge in [-0.1, -0.05) is 0 Å². The summed E-state index contributed by atoms with van der Waals surface area (Å²) in [7, 11) is 0. The molecule has 0 spiro atoms. The number of aliphatic carboxylic acids is 1. The fraction of sp³-hybridized carbons (Fsp3) is 0.400. The van der Waals surface area contributed by atoms with Crippen molar-refractivity contribution in [1.29, 1.82) is 0 Å². The number of aryl methyl sites for hydroxylation is 1. The first-order chi connectivity index (χ1) is 7.13. The lowest BCUT2D eigenvalue weighted by Crippen LogP contribution is -2.21. The van der Waals surface area contributed by atoms with Gasteiger partial charge in [-0.2, -0.15) is 0 Å². The van der Waals surface area contributed by atoms with Crippen LogP contribution in [-0.2, 0) is 11.2 Å². The maximum Gasteiger partial charge on any atom is 0.303 e. The summed E-state index contributed by atoms with van der Waals surface area (Å²) in [5.41, 5.74) is 0. The van der Waals surface area contributed by atoms with Gasteiger partial charge in [-0.25, -0.2) is 0 Å². The first-order valence-corrected chi connectivity index (χ1v) is 4.72. The fourth-order valence-electron chi connectivity index (χ4n) is 1.11. The summed E-state index contributed by atoms with van der Waals surface area (Å²) in [6, 6.07) is 3.16. The van der Waals surface area contributed by atoms with Gasteiger partial charge in [-0.15, -0.1) is 0 Å². The van der Waals surface area contributed by atoms with E-state index in [1.54, 1.807) is 12.1 Å². The van der Waals surface area contributed by atoms with Crippen LogP contribution in [0.25, 0.3) is 0 Å². The number of amides is 1. The van der Waals surface area contributed by atoms with E-state index < -0.39 is 5.97 Å². The molecule has 0 aliphatic rings. The molecule has 1 rings (SSSR count).